The molecule has 1 aromatic heterocycles. The fourth-order valence-electron chi connectivity index (χ4n) is 2.22. The van der Waals surface area contributed by atoms with Crippen molar-refractivity contribution in [2.75, 3.05) is 0 Å². The topological polar surface area (TPSA) is 29.1 Å². The van der Waals surface area contributed by atoms with Crippen molar-refractivity contribution in [3.8, 4) is 0 Å². The van der Waals surface area contributed by atoms with Crippen molar-refractivity contribution in [2.24, 2.45) is 0 Å². The molecule has 0 aliphatic rings. The highest BCUT2D eigenvalue weighted by Gasteiger charge is 2.21. The molecule has 0 aliphatic carbocycles. The minimum absolute atomic E-state index is 0.0402. The summed E-state index contributed by atoms with van der Waals surface area (Å²) in [6.07, 6.45) is 0. The number of amides is 1. The van der Waals surface area contributed by atoms with Gasteiger partial charge in [-0.2, -0.15) is 0 Å². The molecular weight excluding hydrogens is 322 g/mol. The number of thioether (sulfide) groups is 1. The van der Waals surface area contributed by atoms with Gasteiger partial charge in [-0.3, -0.25) is 4.79 Å². The molecule has 0 spiro atoms. The van der Waals surface area contributed by atoms with Gasteiger partial charge in [0.1, 0.15) is 5.25 Å². The molecule has 0 bridgehead atoms. The molecule has 2 aromatic carbocycles. The summed E-state index contributed by atoms with van der Waals surface area (Å²) in [5, 5.41) is 4.83. The molecule has 116 valence electrons. The van der Waals surface area contributed by atoms with Crippen molar-refractivity contribution in [3.05, 3.63) is 88.6 Å². The first-order valence-corrected chi connectivity index (χ1v) is 9.15. The maximum Gasteiger partial charge on any atom is 0.238 e. The summed E-state index contributed by atoms with van der Waals surface area (Å²) < 4.78 is 0. The van der Waals surface area contributed by atoms with E-state index in [0.29, 0.717) is 6.54 Å². The second-order valence-corrected chi connectivity index (χ2v) is 7.23. The number of benzene rings is 2. The minimum Gasteiger partial charge on any atom is -0.350 e. The van der Waals surface area contributed by atoms with Gasteiger partial charge in [-0.25, -0.2) is 0 Å². The van der Waals surface area contributed by atoms with E-state index in [1.54, 1.807) is 23.1 Å². The molecule has 2 nitrogen and oxygen atoms in total. The van der Waals surface area contributed by atoms with Crippen LogP contribution in [0.5, 0.6) is 0 Å². The average molecular weight is 339 g/mol. The first-order valence-electron chi connectivity index (χ1n) is 7.39. The Morgan fingerprint density at radius 1 is 0.957 bits per heavy atom. The fourth-order valence-corrected chi connectivity index (χ4v) is 3.93. The fraction of sp³-hybridized carbons (Fsp3) is 0.105. The number of rotatable bonds is 6. The number of thiophene rings is 1. The largest absolute Gasteiger partial charge is 0.350 e. The molecule has 3 aromatic rings. The van der Waals surface area contributed by atoms with Crippen LogP contribution >= 0.6 is 23.1 Å². The number of hydrogen-bond donors (Lipinski definition) is 1. The third-order valence-corrected chi connectivity index (χ3v) is 5.50. The number of carbonyl (C=O) groups is 1. The summed E-state index contributed by atoms with van der Waals surface area (Å²) in [6, 6.07) is 24.0. The molecule has 1 unspecified atom stereocenters. The molecule has 0 fully saturated rings. The van der Waals surface area contributed by atoms with Crippen LogP contribution in [0, 0.1) is 0 Å². The zero-order valence-electron chi connectivity index (χ0n) is 12.5. The summed E-state index contributed by atoms with van der Waals surface area (Å²) in [7, 11) is 0. The molecule has 3 rings (SSSR count). The number of nitrogens with one attached hydrogen (secondary N) is 1. The third-order valence-electron chi connectivity index (χ3n) is 3.35. The zero-order valence-corrected chi connectivity index (χ0v) is 14.1. The first-order chi connectivity index (χ1) is 11.3. The standard InChI is InChI=1S/C19H17NOS2/c21-19(20-14-17-12-7-13-22-17)18(15-8-3-1-4-9-15)23-16-10-5-2-6-11-16/h1-13,18H,14H2,(H,20,21). The lowest BCUT2D eigenvalue weighted by molar-refractivity contribution is -0.120. The summed E-state index contributed by atoms with van der Waals surface area (Å²) in [5.41, 5.74) is 1.02. The van der Waals surface area contributed by atoms with Crippen molar-refractivity contribution in [1.82, 2.24) is 5.32 Å². The Balaban J connectivity index is 1.75. The Labute approximate surface area is 144 Å². The molecule has 1 atom stereocenters. The predicted octanol–water partition coefficient (Wildman–Crippen LogP) is 4.90. The second-order valence-electron chi connectivity index (χ2n) is 5.02. The minimum atomic E-state index is -0.251. The van der Waals surface area contributed by atoms with Crippen LogP contribution in [0.2, 0.25) is 0 Å². The van der Waals surface area contributed by atoms with Crippen LogP contribution in [-0.4, -0.2) is 5.91 Å². The van der Waals surface area contributed by atoms with Crippen molar-refractivity contribution in [2.45, 2.75) is 16.7 Å². The molecule has 1 amide bonds. The molecule has 0 saturated heterocycles. The van der Waals surface area contributed by atoms with Crippen LogP contribution < -0.4 is 5.32 Å². The highest BCUT2D eigenvalue weighted by atomic mass is 32.2. The van der Waals surface area contributed by atoms with Crippen LogP contribution in [0.1, 0.15) is 15.7 Å². The third kappa shape index (κ3) is 4.47. The lowest BCUT2D eigenvalue weighted by Gasteiger charge is -2.17. The first kappa shape index (κ1) is 15.8. The van der Waals surface area contributed by atoms with Crippen molar-refractivity contribution >= 4 is 29.0 Å². The summed E-state index contributed by atoms with van der Waals surface area (Å²) >= 11 is 3.23. The van der Waals surface area contributed by atoms with E-state index < -0.39 is 0 Å². The lowest BCUT2D eigenvalue weighted by atomic mass is 10.1. The second kappa shape index (κ2) is 7.99. The summed E-state index contributed by atoms with van der Waals surface area (Å²) in [4.78, 5) is 15.0. The molecule has 23 heavy (non-hydrogen) atoms. The van der Waals surface area contributed by atoms with Crippen LogP contribution in [0.25, 0.3) is 0 Å². The smallest absolute Gasteiger partial charge is 0.238 e. The Bertz CT molecular complexity index is 727. The number of hydrogen-bond acceptors (Lipinski definition) is 3. The number of carbonyl (C=O) groups excluding carboxylic acids is 1. The van der Waals surface area contributed by atoms with Crippen LogP contribution in [0.3, 0.4) is 0 Å². The monoisotopic (exact) mass is 339 g/mol. The van der Waals surface area contributed by atoms with Crippen LogP contribution in [0.15, 0.2) is 83.1 Å². The van der Waals surface area contributed by atoms with E-state index in [1.807, 2.05) is 78.2 Å². The van der Waals surface area contributed by atoms with E-state index in [9.17, 15) is 4.79 Å². The van der Waals surface area contributed by atoms with E-state index in [-0.39, 0.29) is 11.2 Å². The lowest BCUT2D eigenvalue weighted by Crippen LogP contribution is -2.27. The molecule has 1 N–H and O–H groups in total. The van der Waals surface area contributed by atoms with Gasteiger partial charge in [0, 0.05) is 9.77 Å². The van der Waals surface area contributed by atoms with Crippen LogP contribution in [-0.2, 0) is 11.3 Å². The molecule has 0 aliphatic heterocycles. The maximum absolute atomic E-state index is 12.7. The van der Waals surface area contributed by atoms with Gasteiger partial charge < -0.3 is 5.32 Å². The maximum atomic E-state index is 12.7. The molecule has 1 heterocycles. The van der Waals surface area contributed by atoms with E-state index in [1.165, 1.54) is 0 Å². The van der Waals surface area contributed by atoms with E-state index in [4.69, 9.17) is 0 Å². The predicted molar refractivity (Wildman–Crippen MR) is 97.6 cm³/mol. The van der Waals surface area contributed by atoms with E-state index in [0.717, 1.165) is 15.3 Å². The van der Waals surface area contributed by atoms with Crippen LogP contribution in [0.4, 0.5) is 0 Å². The average Bonchev–Trinajstić information content (AvgIpc) is 3.13. The summed E-state index contributed by atoms with van der Waals surface area (Å²) in [5.74, 6) is 0.0402. The zero-order chi connectivity index (χ0) is 15.9. The Kier molecular flexibility index (Phi) is 5.51. The quantitative estimate of drug-likeness (QED) is 0.647. The molecule has 0 saturated carbocycles. The van der Waals surface area contributed by atoms with Gasteiger partial charge in [0.05, 0.1) is 6.54 Å². The van der Waals surface area contributed by atoms with Gasteiger partial charge in [0.25, 0.3) is 0 Å². The van der Waals surface area contributed by atoms with Gasteiger partial charge in [-0.15, -0.1) is 23.1 Å². The van der Waals surface area contributed by atoms with Crippen molar-refractivity contribution in [3.63, 3.8) is 0 Å². The van der Waals surface area contributed by atoms with Crippen molar-refractivity contribution < 1.29 is 4.79 Å². The van der Waals surface area contributed by atoms with Gasteiger partial charge in [0.2, 0.25) is 5.91 Å². The highest BCUT2D eigenvalue weighted by molar-refractivity contribution is 8.00. The normalized spacial score (nSPS) is 11.8. The van der Waals surface area contributed by atoms with Gasteiger partial charge in [-0.05, 0) is 29.1 Å². The van der Waals surface area contributed by atoms with E-state index in [2.05, 4.69) is 5.32 Å². The SMILES string of the molecule is O=C(NCc1cccs1)C(Sc1ccccc1)c1ccccc1. The van der Waals surface area contributed by atoms with E-state index >= 15 is 0 Å². The molecule has 4 heteroatoms. The highest BCUT2D eigenvalue weighted by Crippen LogP contribution is 2.35. The Hall–Kier alpha value is -2.04. The Morgan fingerprint density at radius 2 is 1.65 bits per heavy atom. The van der Waals surface area contributed by atoms with Gasteiger partial charge >= 0.3 is 0 Å². The molecular formula is C19H17NOS2. The Morgan fingerprint density at radius 3 is 2.30 bits per heavy atom. The molecule has 0 radical (unpaired) electrons. The van der Waals surface area contributed by atoms with Gasteiger partial charge in [-0.1, -0.05) is 54.6 Å². The summed E-state index contributed by atoms with van der Waals surface area (Å²) in [6.45, 7) is 0.579. The van der Waals surface area contributed by atoms with Crippen molar-refractivity contribution in [1.29, 1.82) is 0 Å². The van der Waals surface area contributed by atoms with Gasteiger partial charge in [0.15, 0.2) is 0 Å².